The molecule has 1 aromatic heterocycles. The molecular weight excluding hydrogens is 306 g/mol. The molecule has 2 aromatic rings. The molecule has 0 bridgehead atoms. The standard InChI is InChI=1S/C18H25NOSSi/c1-7-17(20-22(5,6)18(2,3)4)21-16-13-12-14-10-8-9-11-15(14)19-16/h7-13H,1-6H3. The summed E-state index contributed by atoms with van der Waals surface area (Å²) in [6.45, 7) is 13.3. The number of aromatic nitrogens is 1. The van der Waals surface area contributed by atoms with Crippen molar-refractivity contribution in [3.63, 3.8) is 0 Å². The second kappa shape index (κ2) is 6.47. The van der Waals surface area contributed by atoms with Gasteiger partial charge in [-0.25, -0.2) is 4.98 Å². The highest BCUT2D eigenvalue weighted by molar-refractivity contribution is 8.02. The first-order valence-corrected chi connectivity index (χ1v) is 11.3. The third kappa shape index (κ3) is 3.93. The first kappa shape index (κ1) is 17.1. The minimum atomic E-state index is -1.81. The van der Waals surface area contributed by atoms with Gasteiger partial charge in [-0.3, -0.25) is 0 Å². The van der Waals surface area contributed by atoms with Crippen molar-refractivity contribution in [2.75, 3.05) is 0 Å². The lowest BCUT2D eigenvalue weighted by Gasteiger charge is -2.36. The van der Waals surface area contributed by atoms with Crippen LogP contribution in [0.3, 0.4) is 0 Å². The Morgan fingerprint density at radius 2 is 1.82 bits per heavy atom. The minimum absolute atomic E-state index is 0.193. The molecule has 0 unspecified atom stereocenters. The van der Waals surface area contributed by atoms with E-state index in [0.717, 1.165) is 15.6 Å². The molecule has 0 spiro atoms. The van der Waals surface area contributed by atoms with E-state index in [1.54, 1.807) is 11.8 Å². The number of rotatable bonds is 4. The molecule has 0 radical (unpaired) electrons. The zero-order valence-electron chi connectivity index (χ0n) is 14.3. The highest BCUT2D eigenvalue weighted by Crippen LogP contribution is 2.40. The molecule has 4 heteroatoms. The number of pyridine rings is 1. The van der Waals surface area contributed by atoms with E-state index in [0.29, 0.717) is 0 Å². The fraction of sp³-hybridized carbons (Fsp3) is 0.389. The van der Waals surface area contributed by atoms with Gasteiger partial charge in [0.05, 0.1) is 5.52 Å². The van der Waals surface area contributed by atoms with Gasteiger partial charge in [-0.1, -0.05) is 45.0 Å². The number of allylic oxidation sites excluding steroid dienone is 1. The van der Waals surface area contributed by atoms with Crippen LogP contribution in [0.25, 0.3) is 10.9 Å². The first-order chi connectivity index (χ1) is 10.2. The summed E-state index contributed by atoms with van der Waals surface area (Å²) in [5.74, 6) is 0. The number of nitrogens with zero attached hydrogens (tertiary/aromatic N) is 1. The van der Waals surface area contributed by atoms with Gasteiger partial charge in [-0.2, -0.15) is 0 Å². The highest BCUT2D eigenvalue weighted by Gasteiger charge is 2.39. The van der Waals surface area contributed by atoms with Gasteiger partial charge in [-0.15, -0.1) is 0 Å². The largest absolute Gasteiger partial charge is 0.539 e. The fourth-order valence-corrected chi connectivity index (χ4v) is 4.07. The summed E-state index contributed by atoms with van der Waals surface area (Å²) < 4.78 is 6.39. The molecule has 118 valence electrons. The van der Waals surface area contributed by atoms with Crippen LogP contribution in [-0.4, -0.2) is 13.3 Å². The van der Waals surface area contributed by atoms with Crippen molar-refractivity contribution in [1.29, 1.82) is 0 Å². The van der Waals surface area contributed by atoms with Gasteiger partial charge in [0.2, 0.25) is 0 Å². The zero-order valence-corrected chi connectivity index (χ0v) is 16.1. The summed E-state index contributed by atoms with van der Waals surface area (Å²) >= 11 is 1.61. The molecule has 2 rings (SSSR count). The molecule has 0 N–H and O–H groups in total. The van der Waals surface area contributed by atoms with Gasteiger partial charge in [-0.05, 0) is 55.0 Å². The molecule has 1 heterocycles. The Morgan fingerprint density at radius 1 is 1.14 bits per heavy atom. The lowest BCUT2D eigenvalue weighted by atomic mass is 10.2. The van der Waals surface area contributed by atoms with Gasteiger partial charge in [0, 0.05) is 5.39 Å². The normalized spacial score (nSPS) is 13.5. The molecule has 2 nitrogen and oxygen atoms in total. The molecule has 0 saturated carbocycles. The smallest absolute Gasteiger partial charge is 0.251 e. The monoisotopic (exact) mass is 331 g/mol. The van der Waals surface area contributed by atoms with Crippen LogP contribution >= 0.6 is 11.8 Å². The molecule has 0 aliphatic heterocycles. The predicted octanol–water partition coefficient (Wildman–Crippen LogP) is 6.21. The molecule has 0 fully saturated rings. The van der Waals surface area contributed by atoms with Crippen LogP contribution in [0.5, 0.6) is 0 Å². The number of fused-ring (bicyclic) bond motifs is 1. The third-order valence-electron chi connectivity index (χ3n) is 4.18. The van der Waals surface area contributed by atoms with Gasteiger partial charge >= 0.3 is 0 Å². The van der Waals surface area contributed by atoms with E-state index in [4.69, 9.17) is 9.41 Å². The van der Waals surface area contributed by atoms with Crippen LogP contribution in [-0.2, 0) is 4.43 Å². The fourth-order valence-electron chi connectivity index (χ4n) is 1.75. The average molecular weight is 332 g/mol. The number of hydrogen-bond donors (Lipinski definition) is 0. The van der Waals surface area contributed by atoms with Gasteiger partial charge < -0.3 is 4.43 Å². The summed E-state index contributed by atoms with van der Waals surface area (Å²) in [7, 11) is -1.81. The molecule has 0 atom stereocenters. The van der Waals surface area contributed by atoms with E-state index in [-0.39, 0.29) is 5.04 Å². The number of para-hydroxylation sites is 1. The first-order valence-electron chi connectivity index (χ1n) is 7.62. The maximum atomic E-state index is 6.39. The molecule has 0 aliphatic carbocycles. The lowest BCUT2D eigenvalue weighted by molar-refractivity contribution is 0.417. The van der Waals surface area contributed by atoms with Crippen molar-refractivity contribution in [2.45, 2.75) is 50.9 Å². The Bertz CT molecular complexity index is 689. The van der Waals surface area contributed by atoms with Crippen molar-refractivity contribution in [3.05, 3.63) is 47.6 Å². The van der Waals surface area contributed by atoms with E-state index in [2.05, 4.69) is 52.1 Å². The SMILES string of the molecule is CC=C(O[Si](C)(C)C(C)(C)C)Sc1ccc2ccccc2n1. The quantitative estimate of drug-likeness (QED) is 0.378. The highest BCUT2D eigenvalue weighted by atomic mass is 32.2. The topological polar surface area (TPSA) is 22.1 Å². The van der Waals surface area contributed by atoms with Gasteiger partial charge in [0.25, 0.3) is 8.32 Å². The number of hydrogen-bond acceptors (Lipinski definition) is 3. The Morgan fingerprint density at radius 3 is 2.45 bits per heavy atom. The van der Waals surface area contributed by atoms with E-state index >= 15 is 0 Å². The predicted molar refractivity (Wildman–Crippen MR) is 99.6 cm³/mol. The summed E-state index contributed by atoms with van der Waals surface area (Å²) in [5.41, 5.74) is 1.02. The molecule has 0 amide bonds. The van der Waals surface area contributed by atoms with Crippen LogP contribution in [0.2, 0.25) is 18.1 Å². The van der Waals surface area contributed by atoms with E-state index in [9.17, 15) is 0 Å². The van der Waals surface area contributed by atoms with Gasteiger partial charge in [0.1, 0.15) is 10.1 Å². The van der Waals surface area contributed by atoms with Crippen LogP contribution in [0, 0.1) is 0 Å². The van der Waals surface area contributed by atoms with Crippen molar-refractivity contribution in [2.24, 2.45) is 0 Å². The summed E-state index contributed by atoms with van der Waals surface area (Å²) in [5, 5.41) is 3.29. The van der Waals surface area contributed by atoms with Crippen LogP contribution in [0.15, 0.2) is 52.6 Å². The summed E-state index contributed by atoms with van der Waals surface area (Å²) in [4.78, 5) is 4.71. The van der Waals surface area contributed by atoms with Crippen LogP contribution in [0.1, 0.15) is 27.7 Å². The molecule has 1 aromatic carbocycles. The van der Waals surface area contributed by atoms with E-state index in [1.807, 2.05) is 31.2 Å². The minimum Gasteiger partial charge on any atom is -0.539 e. The van der Waals surface area contributed by atoms with Crippen molar-refractivity contribution < 1.29 is 4.43 Å². The van der Waals surface area contributed by atoms with Crippen molar-refractivity contribution >= 4 is 31.0 Å². The number of benzene rings is 1. The lowest BCUT2D eigenvalue weighted by Crippen LogP contribution is -2.40. The Balaban J connectivity index is 2.19. The molecule has 0 saturated heterocycles. The van der Waals surface area contributed by atoms with Crippen LogP contribution in [0.4, 0.5) is 0 Å². The van der Waals surface area contributed by atoms with Crippen LogP contribution < -0.4 is 0 Å². The van der Waals surface area contributed by atoms with Crippen molar-refractivity contribution in [3.8, 4) is 0 Å². The summed E-state index contributed by atoms with van der Waals surface area (Å²) in [6.07, 6.45) is 2.04. The number of thioether (sulfide) groups is 1. The van der Waals surface area contributed by atoms with E-state index < -0.39 is 8.32 Å². The molecule has 22 heavy (non-hydrogen) atoms. The Hall–Kier alpha value is -1.26. The third-order valence-corrected chi connectivity index (χ3v) is 9.62. The Labute approximate surface area is 139 Å². The average Bonchev–Trinajstić information content (AvgIpc) is 2.45. The molecular formula is C18H25NOSSi. The van der Waals surface area contributed by atoms with E-state index in [1.165, 1.54) is 5.39 Å². The maximum absolute atomic E-state index is 6.39. The van der Waals surface area contributed by atoms with Crippen molar-refractivity contribution in [1.82, 2.24) is 4.98 Å². The summed E-state index contributed by atoms with van der Waals surface area (Å²) in [6, 6.07) is 12.4. The second-order valence-electron chi connectivity index (χ2n) is 6.91. The maximum Gasteiger partial charge on any atom is 0.251 e. The Kier molecular flexibility index (Phi) is 5.02. The molecule has 0 aliphatic rings. The van der Waals surface area contributed by atoms with Gasteiger partial charge in [0.15, 0.2) is 0 Å². The zero-order chi connectivity index (χ0) is 16.4. The second-order valence-corrected chi connectivity index (χ2v) is 12.7.